The fourth-order valence-electron chi connectivity index (χ4n) is 2.73. The Morgan fingerprint density at radius 1 is 1.19 bits per heavy atom. The number of aromatic nitrogens is 2. The summed E-state index contributed by atoms with van der Waals surface area (Å²) in [5.41, 5.74) is 4.74. The average Bonchev–Trinajstić information content (AvgIpc) is 2.58. The summed E-state index contributed by atoms with van der Waals surface area (Å²) in [6.45, 7) is 7.52. The molecule has 2 aromatic heterocycles. The minimum Gasteiger partial charge on any atom is -0.490 e. The lowest BCUT2D eigenvalue weighted by Gasteiger charge is -2.29. The van der Waals surface area contributed by atoms with Crippen LogP contribution in [-0.2, 0) is 0 Å². The topological polar surface area (TPSA) is 61.0 Å². The summed E-state index contributed by atoms with van der Waals surface area (Å²) in [6, 6.07) is 5.33. The molecular formula is C19H22F4N3O-. The minimum absolute atomic E-state index is 0.0123. The molecule has 27 heavy (non-hydrogen) atoms. The highest BCUT2D eigenvalue weighted by Gasteiger charge is 2.23. The third-order valence-electron chi connectivity index (χ3n) is 3.77. The monoisotopic (exact) mass is 384 g/mol. The van der Waals surface area contributed by atoms with E-state index in [1.54, 1.807) is 6.92 Å². The van der Waals surface area contributed by atoms with Gasteiger partial charge in [0.15, 0.2) is 0 Å². The molecular weight excluding hydrogens is 362 g/mol. The van der Waals surface area contributed by atoms with Crippen molar-refractivity contribution in [1.82, 2.24) is 9.97 Å². The van der Waals surface area contributed by atoms with E-state index in [1.165, 1.54) is 24.4 Å². The van der Waals surface area contributed by atoms with E-state index in [9.17, 15) is 17.6 Å². The van der Waals surface area contributed by atoms with Crippen molar-refractivity contribution < 1.29 is 22.3 Å². The number of alkyl halides is 4. The van der Waals surface area contributed by atoms with Gasteiger partial charge < -0.3 is 17.4 Å². The largest absolute Gasteiger partial charge is 0.490 e. The average molecular weight is 384 g/mol. The smallest absolute Gasteiger partial charge is 0.284 e. The van der Waals surface area contributed by atoms with Crippen LogP contribution in [0.5, 0.6) is 5.75 Å². The molecule has 2 atom stereocenters. The van der Waals surface area contributed by atoms with Crippen molar-refractivity contribution in [2.24, 2.45) is 11.7 Å². The van der Waals surface area contributed by atoms with Gasteiger partial charge in [0.05, 0.1) is 5.69 Å². The predicted octanol–water partition coefficient (Wildman–Crippen LogP) is 4.98. The van der Waals surface area contributed by atoms with Gasteiger partial charge in [0.25, 0.3) is 12.9 Å². The Morgan fingerprint density at radius 3 is 2.48 bits per heavy atom. The van der Waals surface area contributed by atoms with E-state index in [0.29, 0.717) is 6.42 Å². The molecule has 1 unspecified atom stereocenters. The van der Waals surface area contributed by atoms with Gasteiger partial charge in [-0.1, -0.05) is 13.3 Å². The lowest BCUT2D eigenvalue weighted by Crippen LogP contribution is -2.43. The van der Waals surface area contributed by atoms with Crippen molar-refractivity contribution in [2.45, 2.75) is 38.7 Å². The van der Waals surface area contributed by atoms with Crippen LogP contribution in [0.1, 0.15) is 44.5 Å². The van der Waals surface area contributed by atoms with Crippen molar-refractivity contribution in [1.29, 1.82) is 0 Å². The van der Waals surface area contributed by atoms with Crippen molar-refractivity contribution in [3.63, 3.8) is 0 Å². The molecule has 0 aliphatic rings. The first-order valence-corrected chi connectivity index (χ1v) is 8.37. The summed E-state index contributed by atoms with van der Waals surface area (Å²) < 4.78 is 58.0. The number of hydrogen-bond acceptors (Lipinski definition) is 4. The van der Waals surface area contributed by atoms with Gasteiger partial charge in [0, 0.05) is 17.3 Å². The molecule has 2 rings (SSSR count). The Bertz CT molecular complexity index is 766. The van der Waals surface area contributed by atoms with Crippen molar-refractivity contribution in [3.8, 4) is 17.0 Å². The molecule has 4 nitrogen and oxygen atoms in total. The van der Waals surface area contributed by atoms with Crippen LogP contribution in [0.15, 0.2) is 30.5 Å². The Balaban J connectivity index is 2.28. The molecule has 0 aliphatic heterocycles. The highest BCUT2D eigenvalue weighted by molar-refractivity contribution is 5.60. The van der Waals surface area contributed by atoms with Crippen LogP contribution in [0.2, 0.25) is 0 Å². The minimum atomic E-state index is -2.90. The second kappa shape index (κ2) is 8.65. The van der Waals surface area contributed by atoms with Crippen molar-refractivity contribution in [3.05, 3.63) is 48.8 Å². The second-order valence-corrected chi connectivity index (χ2v) is 6.90. The standard InChI is InChI=1S/C19H22F4N3O/c1-11(2)9-19(3,24)10-27-15-5-4-13(26-16(15)18(22)23)12-6-7-25-14(8-12)17(20)21/h4-8,11,17-18H,1,9-10,24H2,2-3H3/q-1/t11?,19-/m0/s1. The van der Waals surface area contributed by atoms with E-state index in [0.717, 1.165) is 6.07 Å². The fraction of sp³-hybridized carbons (Fsp3) is 0.421. The number of nitrogens with two attached hydrogens (primary N) is 1. The van der Waals surface area contributed by atoms with Gasteiger partial charge in [0.2, 0.25) is 0 Å². The first-order valence-electron chi connectivity index (χ1n) is 8.37. The molecule has 0 aliphatic carbocycles. The molecule has 0 radical (unpaired) electrons. The SMILES string of the molecule is [CH2-]C(C)C[C@](C)(N)COc1ccc(-c2ccnc(C(F)F)c2)nc1C(F)F. The van der Waals surface area contributed by atoms with Gasteiger partial charge in [-0.25, -0.2) is 22.5 Å². The summed E-state index contributed by atoms with van der Waals surface area (Å²) in [5, 5.41) is 0. The zero-order valence-corrected chi connectivity index (χ0v) is 15.1. The van der Waals surface area contributed by atoms with E-state index < -0.39 is 29.8 Å². The van der Waals surface area contributed by atoms with Gasteiger partial charge >= 0.3 is 0 Å². The highest BCUT2D eigenvalue weighted by Crippen LogP contribution is 2.32. The molecule has 0 spiro atoms. The molecule has 0 fully saturated rings. The molecule has 148 valence electrons. The molecule has 0 amide bonds. The number of rotatable bonds is 8. The van der Waals surface area contributed by atoms with E-state index in [2.05, 4.69) is 16.9 Å². The quantitative estimate of drug-likeness (QED) is 0.515. The number of pyridine rings is 2. The number of halogens is 4. The molecule has 0 aromatic carbocycles. The number of hydrogen-bond donors (Lipinski definition) is 1. The maximum Gasteiger partial charge on any atom is 0.284 e. The van der Waals surface area contributed by atoms with Crippen LogP contribution in [0, 0.1) is 12.8 Å². The summed E-state index contributed by atoms with van der Waals surface area (Å²) in [5.74, 6) is -0.0142. The molecule has 2 heterocycles. The third-order valence-corrected chi connectivity index (χ3v) is 3.77. The Kier molecular flexibility index (Phi) is 6.75. The van der Waals surface area contributed by atoms with Crippen LogP contribution < -0.4 is 10.5 Å². The predicted molar refractivity (Wildman–Crippen MR) is 94.6 cm³/mol. The summed E-state index contributed by atoms with van der Waals surface area (Å²) >= 11 is 0. The lowest BCUT2D eigenvalue weighted by molar-refractivity contribution is 0.135. The van der Waals surface area contributed by atoms with E-state index in [-0.39, 0.29) is 29.5 Å². The van der Waals surface area contributed by atoms with Gasteiger partial charge in [0.1, 0.15) is 23.7 Å². The van der Waals surface area contributed by atoms with Gasteiger partial charge in [-0.3, -0.25) is 4.98 Å². The summed E-state index contributed by atoms with van der Waals surface area (Å²) in [4.78, 5) is 7.45. The van der Waals surface area contributed by atoms with Crippen molar-refractivity contribution in [2.75, 3.05) is 6.61 Å². The first-order chi connectivity index (χ1) is 12.6. The molecule has 2 N–H and O–H groups in total. The highest BCUT2D eigenvalue weighted by atomic mass is 19.3. The van der Waals surface area contributed by atoms with Crippen molar-refractivity contribution >= 4 is 0 Å². The van der Waals surface area contributed by atoms with Crippen LogP contribution in [-0.4, -0.2) is 22.1 Å². The fourth-order valence-corrected chi connectivity index (χ4v) is 2.73. The molecule has 0 bridgehead atoms. The molecule has 0 saturated carbocycles. The summed E-state index contributed by atoms with van der Waals surface area (Å²) in [7, 11) is 0. The van der Waals surface area contributed by atoms with Gasteiger partial charge in [-0.05, 0) is 31.2 Å². The van der Waals surface area contributed by atoms with E-state index in [4.69, 9.17) is 10.5 Å². The normalized spacial score (nSPS) is 15.0. The zero-order valence-electron chi connectivity index (χ0n) is 15.1. The van der Waals surface area contributed by atoms with E-state index in [1.807, 2.05) is 6.92 Å². The molecule has 8 heteroatoms. The first kappa shape index (κ1) is 21.1. The Labute approximate surface area is 155 Å². The number of ether oxygens (including phenoxy) is 1. The van der Waals surface area contributed by atoms with Gasteiger partial charge in [-0.15, -0.1) is 0 Å². The van der Waals surface area contributed by atoms with Gasteiger partial charge in [-0.2, -0.15) is 5.92 Å². The van der Waals surface area contributed by atoms with Crippen LogP contribution in [0.4, 0.5) is 17.6 Å². The number of nitrogens with zero attached hydrogens (tertiary/aromatic N) is 2. The summed E-state index contributed by atoms with van der Waals surface area (Å²) in [6.07, 6.45) is -3.92. The zero-order chi connectivity index (χ0) is 20.2. The van der Waals surface area contributed by atoms with Crippen LogP contribution >= 0.6 is 0 Å². The molecule has 2 aromatic rings. The Hall–Kier alpha value is -2.22. The van der Waals surface area contributed by atoms with E-state index >= 15 is 0 Å². The van der Waals surface area contributed by atoms with Crippen LogP contribution in [0.25, 0.3) is 11.3 Å². The Morgan fingerprint density at radius 2 is 1.89 bits per heavy atom. The maximum atomic E-state index is 13.4. The lowest BCUT2D eigenvalue weighted by atomic mass is 9.93. The second-order valence-electron chi connectivity index (χ2n) is 6.90. The maximum absolute atomic E-state index is 13.4. The third kappa shape index (κ3) is 5.89. The molecule has 0 saturated heterocycles. The van der Waals surface area contributed by atoms with Crippen LogP contribution in [0.3, 0.4) is 0 Å².